The van der Waals surface area contributed by atoms with Gasteiger partial charge in [0.2, 0.25) is 0 Å². The van der Waals surface area contributed by atoms with Gasteiger partial charge in [-0.25, -0.2) is 0 Å². The van der Waals surface area contributed by atoms with E-state index in [9.17, 15) is 0 Å². The zero-order valence-electron chi connectivity index (χ0n) is 12.0. The van der Waals surface area contributed by atoms with Gasteiger partial charge < -0.3 is 5.32 Å². The highest BCUT2D eigenvalue weighted by molar-refractivity contribution is 5.56. The van der Waals surface area contributed by atoms with Crippen LogP contribution in [-0.2, 0) is 0 Å². The molecule has 0 atom stereocenters. The van der Waals surface area contributed by atoms with Gasteiger partial charge in [0.25, 0.3) is 0 Å². The molecule has 0 aliphatic rings. The Bertz CT molecular complexity index is 407. The molecule has 0 unspecified atom stereocenters. The molecule has 0 heterocycles. The Kier molecular flexibility index (Phi) is 5.22. The lowest BCUT2D eigenvalue weighted by molar-refractivity contribution is 0.430. The molecule has 18 heavy (non-hydrogen) atoms. The molecule has 2 heteroatoms. The summed E-state index contributed by atoms with van der Waals surface area (Å²) < 4.78 is 0. The maximum absolute atomic E-state index is 8.94. The Hall–Kier alpha value is -1.49. The lowest BCUT2D eigenvalue weighted by atomic mass is 9.89. The van der Waals surface area contributed by atoms with E-state index in [2.05, 4.69) is 43.4 Å². The Morgan fingerprint density at radius 3 is 2.33 bits per heavy atom. The van der Waals surface area contributed by atoms with Gasteiger partial charge in [0, 0.05) is 12.2 Å². The van der Waals surface area contributed by atoms with Crippen LogP contribution in [0.3, 0.4) is 0 Å². The number of para-hydroxylation sites is 1. The minimum Gasteiger partial charge on any atom is -0.385 e. The van der Waals surface area contributed by atoms with Crippen molar-refractivity contribution < 1.29 is 0 Å². The number of anilines is 1. The van der Waals surface area contributed by atoms with E-state index in [1.807, 2.05) is 13.8 Å². The number of nitrogens with one attached hydrogen (secondary N) is 1. The average molecular weight is 244 g/mol. The summed E-state index contributed by atoms with van der Waals surface area (Å²) >= 11 is 0. The Morgan fingerprint density at radius 1 is 1.17 bits per heavy atom. The van der Waals surface area contributed by atoms with Crippen molar-refractivity contribution in [2.24, 2.45) is 5.41 Å². The van der Waals surface area contributed by atoms with Gasteiger partial charge in [0.05, 0.1) is 11.5 Å². The van der Waals surface area contributed by atoms with Gasteiger partial charge in [-0.05, 0) is 51.7 Å². The van der Waals surface area contributed by atoms with Gasteiger partial charge in [0.15, 0.2) is 0 Å². The number of unbranched alkanes of at least 4 members (excludes halogenated alkanes) is 1. The summed E-state index contributed by atoms with van der Waals surface area (Å²) in [6, 6.07) is 8.70. The summed E-state index contributed by atoms with van der Waals surface area (Å²) in [5.74, 6) is 0. The van der Waals surface area contributed by atoms with Crippen LogP contribution >= 0.6 is 0 Å². The van der Waals surface area contributed by atoms with Crippen LogP contribution < -0.4 is 5.32 Å². The van der Waals surface area contributed by atoms with Crippen molar-refractivity contribution >= 4 is 5.69 Å². The molecule has 0 aliphatic carbocycles. The van der Waals surface area contributed by atoms with E-state index in [1.54, 1.807) is 0 Å². The minimum absolute atomic E-state index is 0.182. The number of aryl methyl sites for hydroxylation is 2. The summed E-state index contributed by atoms with van der Waals surface area (Å²) in [7, 11) is 0. The van der Waals surface area contributed by atoms with Crippen molar-refractivity contribution in [2.45, 2.75) is 47.0 Å². The number of rotatable bonds is 6. The maximum Gasteiger partial charge on any atom is 0.0683 e. The first-order valence-electron chi connectivity index (χ1n) is 6.67. The maximum atomic E-state index is 8.94. The lowest BCUT2D eigenvalue weighted by Gasteiger charge is -2.15. The van der Waals surface area contributed by atoms with Crippen molar-refractivity contribution in [2.75, 3.05) is 11.9 Å². The molecular formula is C16H24N2. The molecule has 0 amide bonds. The van der Waals surface area contributed by atoms with Gasteiger partial charge in [0.1, 0.15) is 0 Å². The largest absolute Gasteiger partial charge is 0.385 e. The van der Waals surface area contributed by atoms with Crippen molar-refractivity contribution in [3.05, 3.63) is 29.3 Å². The second kappa shape index (κ2) is 6.44. The molecule has 0 fully saturated rings. The first-order chi connectivity index (χ1) is 8.46. The molecule has 1 N–H and O–H groups in total. The van der Waals surface area contributed by atoms with Crippen LogP contribution in [0.25, 0.3) is 0 Å². The van der Waals surface area contributed by atoms with E-state index in [0.717, 1.165) is 25.8 Å². The molecule has 0 bridgehead atoms. The number of nitriles is 1. The van der Waals surface area contributed by atoms with Crippen LogP contribution in [0.2, 0.25) is 0 Å². The first kappa shape index (κ1) is 14.6. The van der Waals surface area contributed by atoms with E-state index in [-0.39, 0.29) is 5.41 Å². The number of benzene rings is 1. The quantitative estimate of drug-likeness (QED) is 0.751. The van der Waals surface area contributed by atoms with Crippen LogP contribution in [0.15, 0.2) is 18.2 Å². The molecule has 0 aromatic heterocycles. The van der Waals surface area contributed by atoms with Gasteiger partial charge in [-0.15, -0.1) is 0 Å². The molecule has 0 aliphatic heterocycles. The topological polar surface area (TPSA) is 35.8 Å². The molecule has 1 aromatic carbocycles. The van der Waals surface area contributed by atoms with Crippen LogP contribution in [0.1, 0.15) is 44.2 Å². The summed E-state index contributed by atoms with van der Waals surface area (Å²) in [4.78, 5) is 0. The molecule has 1 aromatic rings. The number of hydrogen-bond donors (Lipinski definition) is 1. The molecule has 98 valence electrons. The normalized spacial score (nSPS) is 11.1. The zero-order valence-corrected chi connectivity index (χ0v) is 12.0. The molecule has 0 radical (unpaired) electrons. The van der Waals surface area contributed by atoms with Crippen molar-refractivity contribution in [3.63, 3.8) is 0 Å². The molecule has 0 spiro atoms. The molecular weight excluding hydrogens is 220 g/mol. The number of nitrogens with zero attached hydrogens (tertiary/aromatic N) is 1. The summed E-state index contributed by atoms with van der Waals surface area (Å²) in [6.45, 7) is 9.26. The zero-order chi connectivity index (χ0) is 13.6. The summed E-state index contributed by atoms with van der Waals surface area (Å²) in [6.07, 6.45) is 3.18. The van der Waals surface area contributed by atoms with Gasteiger partial charge in [-0.1, -0.05) is 24.6 Å². The first-order valence-corrected chi connectivity index (χ1v) is 6.67. The fourth-order valence-corrected chi connectivity index (χ4v) is 2.05. The van der Waals surface area contributed by atoms with Gasteiger partial charge in [-0.2, -0.15) is 5.26 Å². The second-order valence-corrected chi connectivity index (χ2v) is 5.65. The van der Waals surface area contributed by atoms with Crippen molar-refractivity contribution in [1.29, 1.82) is 5.26 Å². The third kappa shape index (κ3) is 4.41. The highest BCUT2D eigenvalue weighted by atomic mass is 14.9. The second-order valence-electron chi connectivity index (χ2n) is 5.65. The van der Waals surface area contributed by atoms with E-state index < -0.39 is 0 Å². The standard InChI is InChI=1S/C16H24N2/c1-13-8-7-9-14(2)15(13)18-11-6-5-10-16(3,4)12-17/h7-9,18H,5-6,10-11H2,1-4H3. The SMILES string of the molecule is Cc1cccc(C)c1NCCCCC(C)(C)C#N. The fraction of sp³-hybridized carbons (Fsp3) is 0.562. The third-order valence-electron chi connectivity index (χ3n) is 3.31. The van der Waals surface area contributed by atoms with Gasteiger partial charge >= 0.3 is 0 Å². The Morgan fingerprint density at radius 2 is 1.78 bits per heavy atom. The third-order valence-corrected chi connectivity index (χ3v) is 3.31. The summed E-state index contributed by atoms with van der Waals surface area (Å²) in [5, 5.41) is 12.4. The molecule has 0 saturated heterocycles. The predicted octanol–water partition coefficient (Wildman–Crippen LogP) is 4.44. The monoisotopic (exact) mass is 244 g/mol. The Labute approximate surface area is 111 Å². The minimum atomic E-state index is -0.182. The Balaban J connectivity index is 2.33. The summed E-state index contributed by atoms with van der Waals surface area (Å²) in [5.41, 5.74) is 3.68. The van der Waals surface area contributed by atoms with Crippen molar-refractivity contribution in [1.82, 2.24) is 0 Å². The predicted molar refractivity (Wildman–Crippen MR) is 77.7 cm³/mol. The molecule has 2 nitrogen and oxygen atoms in total. The highest BCUT2D eigenvalue weighted by Crippen LogP contribution is 2.22. The van der Waals surface area contributed by atoms with E-state index in [4.69, 9.17) is 5.26 Å². The van der Waals surface area contributed by atoms with Crippen LogP contribution in [-0.4, -0.2) is 6.54 Å². The lowest BCUT2D eigenvalue weighted by Crippen LogP contribution is -2.09. The van der Waals surface area contributed by atoms with E-state index >= 15 is 0 Å². The highest BCUT2D eigenvalue weighted by Gasteiger charge is 2.15. The van der Waals surface area contributed by atoms with Gasteiger partial charge in [-0.3, -0.25) is 0 Å². The van der Waals surface area contributed by atoms with E-state index in [1.165, 1.54) is 16.8 Å². The van der Waals surface area contributed by atoms with Crippen molar-refractivity contribution in [3.8, 4) is 6.07 Å². The van der Waals surface area contributed by atoms with Crippen LogP contribution in [0, 0.1) is 30.6 Å². The van der Waals surface area contributed by atoms with E-state index in [0.29, 0.717) is 0 Å². The smallest absolute Gasteiger partial charge is 0.0683 e. The van der Waals surface area contributed by atoms with Crippen LogP contribution in [0.4, 0.5) is 5.69 Å². The molecule has 0 saturated carbocycles. The number of hydrogen-bond acceptors (Lipinski definition) is 2. The van der Waals surface area contributed by atoms with Crippen LogP contribution in [0.5, 0.6) is 0 Å². The average Bonchev–Trinajstić information content (AvgIpc) is 2.32. The fourth-order valence-electron chi connectivity index (χ4n) is 2.05. The molecule has 1 rings (SSSR count).